The third kappa shape index (κ3) is 2.37. The van der Waals surface area contributed by atoms with E-state index in [1.165, 1.54) is 0 Å². The fourth-order valence-corrected chi connectivity index (χ4v) is 4.35. The summed E-state index contributed by atoms with van der Waals surface area (Å²) in [5, 5.41) is 84.8. The highest BCUT2D eigenvalue weighted by atomic mass is 16.3. The minimum absolute atomic E-state index is 0.163. The quantitative estimate of drug-likeness (QED) is 0.173. The van der Waals surface area contributed by atoms with Gasteiger partial charge in [0.25, 0.3) is 0 Å². The summed E-state index contributed by atoms with van der Waals surface area (Å²) in [5.74, 6) is -3.36. The van der Waals surface area contributed by atoms with Gasteiger partial charge in [-0.1, -0.05) is 0 Å². The molecule has 32 heavy (non-hydrogen) atoms. The molecule has 0 heterocycles. The van der Waals surface area contributed by atoms with Gasteiger partial charge in [-0.3, -0.25) is 0 Å². The third-order valence-electron chi connectivity index (χ3n) is 5.65. The van der Waals surface area contributed by atoms with Gasteiger partial charge in [0.2, 0.25) is 0 Å². The molecule has 8 N–H and O–H groups in total. The van der Waals surface area contributed by atoms with E-state index in [9.17, 15) is 40.9 Å². The van der Waals surface area contributed by atoms with Crippen LogP contribution in [0.15, 0.2) is 48.5 Å². The highest BCUT2D eigenvalue weighted by molar-refractivity contribution is 5.51. The summed E-state index contributed by atoms with van der Waals surface area (Å²) in [6, 6.07) is 9.27. The Hall–Kier alpha value is -4.72. The van der Waals surface area contributed by atoms with Crippen LogP contribution < -0.4 is 0 Å². The molecule has 160 valence electrons. The first kappa shape index (κ1) is 19.3. The second kappa shape index (κ2) is 6.39. The minimum Gasteiger partial charge on any atom is -0.507 e. The van der Waals surface area contributed by atoms with Crippen LogP contribution in [0.25, 0.3) is 0 Å². The topological polar surface area (TPSA) is 162 Å². The van der Waals surface area contributed by atoms with E-state index < -0.39 is 46.0 Å². The SMILES string of the molecule is Oc1ccc(O)c2/c1=c1/c(O)ccc(O)/c1=c1\c(O)ccc(O)\c1=c1/c(O)ccc(O)/c1=2. The zero-order valence-electron chi connectivity index (χ0n) is 16.2. The zero-order valence-corrected chi connectivity index (χ0v) is 16.2. The number of phenolic OH excluding ortho intramolecular Hbond substituents is 8. The molecule has 1 aliphatic rings. The van der Waals surface area contributed by atoms with Crippen LogP contribution in [0.2, 0.25) is 0 Å². The molecule has 0 radical (unpaired) electrons. The first-order valence-electron chi connectivity index (χ1n) is 9.43. The molecular weight excluding hydrogens is 416 g/mol. The monoisotopic (exact) mass is 432 g/mol. The van der Waals surface area contributed by atoms with Crippen molar-refractivity contribution in [2.24, 2.45) is 0 Å². The maximum Gasteiger partial charge on any atom is 0.124 e. The van der Waals surface area contributed by atoms with Crippen molar-refractivity contribution in [3.05, 3.63) is 90.3 Å². The molecule has 5 rings (SSSR count). The van der Waals surface area contributed by atoms with E-state index in [2.05, 4.69) is 0 Å². The van der Waals surface area contributed by atoms with Crippen LogP contribution in [-0.2, 0) is 0 Å². The Morgan fingerprint density at radius 2 is 0.312 bits per heavy atom. The van der Waals surface area contributed by atoms with E-state index in [0.29, 0.717) is 0 Å². The molecule has 0 fully saturated rings. The summed E-state index contributed by atoms with van der Waals surface area (Å²) >= 11 is 0. The third-order valence-corrected chi connectivity index (χ3v) is 5.65. The molecule has 1 aliphatic carbocycles. The Labute approximate surface area is 177 Å². The van der Waals surface area contributed by atoms with Gasteiger partial charge in [0.15, 0.2) is 0 Å². The fourth-order valence-electron chi connectivity index (χ4n) is 4.35. The Morgan fingerprint density at radius 1 is 0.219 bits per heavy atom. The zero-order chi connectivity index (χ0) is 22.9. The molecule has 0 spiro atoms. The van der Waals surface area contributed by atoms with Gasteiger partial charge in [-0.25, -0.2) is 0 Å². The predicted molar refractivity (Wildman–Crippen MR) is 110 cm³/mol. The minimum atomic E-state index is -0.420. The summed E-state index contributed by atoms with van der Waals surface area (Å²) in [4.78, 5) is 0. The molecule has 0 unspecified atom stereocenters. The molecule has 0 saturated carbocycles. The number of hydrogen-bond acceptors (Lipinski definition) is 8. The number of phenols is 8. The van der Waals surface area contributed by atoms with Crippen LogP contribution in [0.3, 0.4) is 0 Å². The number of benzene rings is 4. The van der Waals surface area contributed by atoms with Gasteiger partial charge in [-0.05, 0) is 48.5 Å². The van der Waals surface area contributed by atoms with Crippen molar-refractivity contribution in [3.8, 4) is 46.0 Å². The summed E-state index contributed by atoms with van der Waals surface area (Å²) in [6.07, 6.45) is 0. The summed E-state index contributed by atoms with van der Waals surface area (Å²) < 4.78 is 0. The lowest BCUT2D eigenvalue weighted by Gasteiger charge is -2.10. The maximum atomic E-state index is 10.8. The fraction of sp³-hybridized carbons (Fsp3) is 0. The summed E-state index contributed by atoms with van der Waals surface area (Å²) in [7, 11) is 0. The molecule has 0 aliphatic heterocycles. The molecule has 0 amide bonds. The molecule has 0 bridgehead atoms. The number of aromatic hydroxyl groups is 8. The van der Waals surface area contributed by atoms with E-state index in [1.54, 1.807) is 0 Å². The van der Waals surface area contributed by atoms with Gasteiger partial charge < -0.3 is 40.9 Å². The molecule has 4 aromatic rings. The van der Waals surface area contributed by atoms with Crippen molar-refractivity contribution >= 4 is 0 Å². The second-order valence-corrected chi connectivity index (χ2v) is 7.42. The first-order valence-corrected chi connectivity index (χ1v) is 9.43. The van der Waals surface area contributed by atoms with E-state index in [1.807, 2.05) is 0 Å². The van der Waals surface area contributed by atoms with Gasteiger partial charge in [-0.2, -0.15) is 0 Å². The van der Waals surface area contributed by atoms with E-state index in [0.717, 1.165) is 48.5 Å². The van der Waals surface area contributed by atoms with Crippen molar-refractivity contribution in [1.82, 2.24) is 0 Å². The first-order chi connectivity index (χ1) is 15.2. The van der Waals surface area contributed by atoms with E-state index in [4.69, 9.17) is 0 Å². The Bertz CT molecular complexity index is 1410. The van der Waals surface area contributed by atoms with Crippen LogP contribution in [0.5, 0.6) is 46.0 Å². The highest BCUT2D eigenvalue weighted by Crippen LogP contribution is 2.36. The van der Waals surface area contributed by atoms with Crippen molar-refractivity contribution in [3.63, 3.8) is 0 Å². The van der Waals surface area contributed by atoms with E-state index >= 15 is 0 Å². The Balaban J connectivity index is 2.64. The lowest BCUT2D eigenvalue weighted by molar-refractivity contribution is 0.436. The predicted octanol–water partition coefficient (Wildman–Crippen LogP) is 2.79. The van der Waals surface area contributed by atoms with Crippen molar-refractivity contribution in [2.75, 3.05) is 0 Å². The lowest BCUT2D eigenvalue weighted by Crippen LogP contribution is -1.93. The van der Waals surface area contributed by atoms with Gasteiger partial charge in [-0.15, -0.1) is 0 Å². The average Bonchev–Trinajstić information content (AvgIpc) is 2.74. The summed E-state index contributed by atoms with van der Waals surface area (Å²) in [6.45, 7) is 0. The molecule has 4 aromatic carbocycles. The Morgan fingerprint density at radius 3 is 0.406 bits per heavy atom. The van der Waals surface area contributed by atoms with Crippen LogP contribution in [0.4, 0.5) is 0 Å². The lowest BCUT2D eigenvalue weighted by atomic mass is 9.98. The summed E-state index contributed by atoms with van der Waals surface area (Å²) in [5.41, 5.74) is 0. The van der Waals surface area contributed by atoms with Crippen LogP contribution >= 0.6 is 0 Å². The van der Waals surface area contributed by atoms with Gasteiger partial charge in [0, 0.05) is 41.7 Å². The normalized spacial score (nSPS) is 16.0. The average molecular weight is 432 g/mol. The van der Waals surface area contributed by atoms with Gasteiger partial charge >= 0.3 is 0 Å². The van der Waals surface area contributed by atoms with Crippen LogP contribution in [-0.4, -0.2) is 40.9 Å². The maximum absolute atomic E-state index is 10.8. The molecule has 0 saturated heterocycles. The highest BCUT2D eigenvalue weighted by Gasteiger charge is 2.17. The van der Waals surface area contributed by atoms with Crippen molar-refractivity contribution in [2.45, 2.75) is 0 Å². The van der Waals surface area contributed by atoms with E-state index in [-0.39, 0.29) is 41.7 Å². The van der Waals surface area contributed by atoms with Gasteiger partial charge in [0.05, 0.1) is 0 Å². The second-order valence-electron chi connectivity index (χ2n) is 7.42. The molecule has 8 heteroatoms. The molecule has 8 nitrogen and oxygen atoms in total. The molecule has 0 aromatic heterocycles. The number of fused-ring (bicyclic) bond motifs is 4. The number of hydrogen-bond donors (Lipinski definition) is 8. The Kier molecular flexibility index (Phi) is 3.84. The van der Waals surface area contributed by atoms with Crippen LogP contribution in [0, 0.1) is 41.7 Å². The van der Waals surface area contributed by atoms with Crippen LogP contribution in [0.1, 0.15) is 0 Å². The van der Waals surface area contributed by atoms with Crippen molar-refractivity contribution in [1.29, 1.82) is 0 Å². The molecule has 0 atom stereocenters. The smallest absolute Gasteiger partial charge is 0.124 e. The molecular formula is C24H16O8. The standard InChI is InChI=1S/C24H16O8/c25-9-1-2-10(26)18-17(9)19-11(27)3-4-13(29)21(19)23-15(31)7-8-16(32)24(23)22-14(30)6-5-12(28)20(18)22/h1-8,25-32H/b19-17-,20-18-,23-21-,24-22-. The van der Waals surface area contributed by atoms with Crippen molar-refractivity contribution < 1.29 is 40.9 Å². The number of rotatable bonds is 0. The largest absolute Gasteiger partial charge is 0.507 e. The van der Waals surface area contributed by atoms with Gasteiger partial charge in [0.1, 0.15) is 46.0 Å².